The Hall–Kier alpha value is -1.73. The number of likely N-dealkylation sites (N-methyl/N-ethyl adjacent to an activating group) is 1. The molecule has 1 N–H and O–H groups in total. The molecule has 26 heavy (non-hydrogen) atoms. The van der Waals surface area contributed by atoms with E-state index in [0.29, 0.717) is 6.42 Å². The highest BCUT2D eigenvalue weighted by Crippen LogP contribution is 2.31. The van der Waals surface area contributed by atoms with E-state index < -0.39 is 0 Å². The lowest BCUT2D eigenvalue weighted by Gasteiger charge is -2.49. The van der Waals surface area contributed by atoms with Crippen molar-refractivity contribution in [3.63, 3.8) is 0 Å². The number of anilines is 1. The molecule has 3 saturated heterocycles. The molecular formula is C19H30N6O. The number of aromatic nitrogens is 2. The van der Waals surface area contributed by atoms with Crippen LogP contribution in [-0.2, 0) is 11.3 Å². The van der Waals surface area contributed by atoms with Gasteiger partial charge in [0.05, 0.1) is 0 Å². The van der Waals surface area contributed by atoms with Crippen molar-refractivity contribution in [2.24, 2.45) is 0 Å². The van der Waals surface area contributed by atoms with E-state index in [4.69, 9.17) is 0 Å². The molecule has 0 aliphatic carbocycles. The average molecular weight is 358 g/mol. The van der Waals surface area contributed by atoms with Crippen molar-refractivity contribution < 1.29 is 4.79 Å². The number of carbonyl (C=O) groups is 1. The molecule has 0 bridgehead atoms. The lowest BCUT2D eigenvalue weighted by molar-refractivity contribution is -0.121. The minimum Gasteiger partial charge on any atom is -0.356 e. The predicted octanol–water partition coefficient (Wildman–Crippen LogP) is 0.863. The summed E-state index contributed by atoms with van der Waals surface area (Å²) in [6, 6.07) is 0. The van der Waals surface area contributed by atoms with Gasteiger partial charge >= 0.3 is 0 Å². The summed E-state index contributed by atoms with van der Waals surface area (Å²) in [5, 5.41) is 3.03. The van der Waals surface area contributed by atoms with Crippen LogP contribution in [0.25, 0.3) is 0 Å². The minimum absolute atomic E-state index is 0.105. The van der Waals surface area contributed by atoms with Crippen molar-refractivity contribution in [2.75, 3.05) is 51.2 Å². The normalized spacial score (nSPS) is 28.3. The Kier molecular flexibility index (Phi) is 5.09. The zero-order valence-electron chi connectivity index (χ0n) is 15.8. The van der Waals surface area contributed by atoms with Gasteiger partial charge in [-0.15, -0.1) is 0 Å². The van der Waals surface area contributed by atoms with Crippen molar-refractivity contribution in [1.82, 2.24) is 25.1 Å². The summed E-state index contributed by atoms with van der Waals surface area (Å²) in [5.41, 5.74) is 1.28. The summed E-state index contributed by atoms with van der Waals surface area (Å²) < 4.78 is 0. The van der Waals surface area contributed by atoms with E-state index in [-0.39, 0.29) is 11.4 Å². The van der Waals surface area contributed by atoms with Gasteiger partial charge in [-0.2, -0.15) is 0 Å². The molecule has 1 atom stereocenters. The largest absolute Gasteiger partial charge is 0.356 e. The molecule has 7 heteroatoms. The molecule has 0 saturated carbocycles. The lowest BCUT2D eigenvalue weighted by Crippen LogP contribution is -2.60. The van der Waals surface area contributed by atoms with E-state index in [0.717, 1.165) is 64.6 Å². The number of hydrogen-bond donors (Lipinski definition) is 1. The van der Waals surface area contributed by atoms with Crippen molar-refractivity contribution in [2.45, 2.75) is 44.2 Å². The Morgan fingerprint density at radius 3 is 2.65 bits per heavy atom. The van der Waals surface area contributed by atoms with Crippen molar-refractivity contribution in [1.29, 1.82) is 0 Å². The molecule has 0 unspecified atom stereocenters. The lowest BCUT2D eigenvalue weighted by atomic mass is 9.86. The molecule has 3 aliphatic heterocycles. The van der Waals surface area contributed by atoms with Gasteiger partial charge in [0.1, 0.15) is 0 Å². The summed E-state index contributed by atoms with van der Waals surface area (Å²) in [6.07, 6.45) is 9.06. The second kappa shape index (κ2) is 7.48. The van der Waals surface area contributed by atoms with Crippen molar-refractivity contribution in [3.05, 3.63) is 18.0 Å². The fourth-order valence-corrected chi connectivity index (χ4v) is 4.58. The first-order valence-electron chi connectivity index (χ1n) is 9.91. The molecule has 1 aromatic heterocycles. The molecular weight excluding hydrogens is 328 g/mol. The van der Waals surface area contributed by atoms with Gasteiger partial charge in [-0.1, -0.05) is 0 Å². The number of piperazine rings is 1. The van der Waals surface area contributed by atoms with Gasteiger partial charge < -0.3 is 10.2 Å². The van der Waals surface area contributed by atoms with E-state index in [1.54, 1.807) is 0 Å². The third-order valence-corrected chi connectivity index (χ3v) is 6.30. The zero-order valence-corrected chi connectivity index (χ0v) is 15.8. The Bertz CT molecular complexity index is 629. The standard InChI is InChI=1S/C19H30N6O/c1-23-10-11-24(15-19(23)5-4-17(26)20-7-6-19)14-16-12-21-18(22-13-16)25-8-2-3-9-25/h12-13H,2-11,14-15H2,1H3,(H,20,26)/t19-/m1/s1. The fourth-order valence-electron chi connectivity index (χ4n) is 4.58. The van der Waals surface area contributed by atoms with Gasteiger partial charge in [-0.25, -0.2) is 9.97 Å². The number of carbonyl (C=O) groups excluding carboxylic acids is 1. The Labute approximate surface area is 155 Å². The van der Waals surface area contributed by atoms with Crippen LogP contribution in [0.2, 0.25) is 0 Å². The Balaban J connectivity index is 1.40. The smallest absolute Gasteiger partial charge is 0.225 e. The zero-order chi connectivity index (χ0) is 18.0. The number of nitrogens with one attached hydrogen (secondary N) is 1. The van der Waals surface area contributed by atoms with Crippen molar-refractivity contribution >= 4 is 11.9 Å². The highest BCUT2D eigenvalue weighted by atomic mass is 16.1. The molecule has 1 aromatic rings. The number of amides is 1. The van der Waals surface area contributed by atoms with Crippen LogP contribution in [0, 0.1) is 0 Å². The summed E-state index contributed by atoms with van der Waals surface area (Å²) in [5.74, 6) is 1.06. The fraction of sp³-hybridized carbons (Fsp3) is 0.737. The first kappa shape index (κ1) is 17.7. The maximum absolute atomic E-state index is 11.8. The van der Waals surface area contributed by atoms with Gasteiger partial charge in [0.2, 0.25) is 11.9 Å². The van der Waals surface area contributed by atoms with E-state index in [1.807, 2.05) is 12.4 Å². The molecule has 1 spiro atoms. The predicted molar refractivity (Wildman–Crippen MR) is 101 cm³/mol. The monoisotopic (exact) mass is 358 g/mol. The van der Waals surface area contributed by atoms with Gasteiger partial charge in [-0.05, 0) is 32.7 Å². The summed E-state index contributed by atoms with van der Waals surface area (Å²) in [4.78, 5) is 28.2. The van der Waals surface area contributed by atoms with Gasteiger partial charge in [0, 0.05) is 75.7 Å². The third-order valence-electron chi connectivity index (χ3n) is 6.30. The van der Waals surface area contributed by atoms with E-state index in [9.17, 15) is 4.79 Å². The quantitative estimate of drug-likeness (QED) is 0.865. The van der Waals surface area contributed by atoms with E-state index >= 15 is 0 Å². The summed E-state index contributed by atoms with van der Waals surface area (Å²) in [7, 11) is 2.21. The third kappa shape index (κ3) is 3.69. The molecule has 3 fully saturated rings. The Morgan fingerprint density at radius 1 is 1.12 bits per heavy atom. The van der Waals surface area contributed by atoms with Crippen molar-refractivity contribution in [3.8, 4) is 0 Å². The van der Waals surface area contributed by atoms with Crippen LogP contribution in [0.5, 0.6) is 0 Å². The number of rotatable bonds is 3. The topological polar surface area (TPSA) is 64.6 Å². The van der Waals surface area contributed by atoms with Gasteiger partial charge in [-0.3, -0.25) is 14.6 Å². The molecule has 3 aliphatic rings. The minimum atomic E-state index is 0.105. The Morgan fingerprint density at radius 2 is 1.88 bits per heavy atom. The highest BCUT2D eigenvalue weighted by molar-refractivity contribution is 5.76. The van der Waals surface area contributed by atoms with Crippen LogP contribution in [0.15, 0.2) is 12.4 Å². The van der Waals surface area contributed by atoms with Crippen LogP contribution >= 0.6 is 0 Å². The maximum atomic E-state index is 11.8. The summed E-state index contributed by atoms with van der Waals surface area (Å²) in [6.45, 7) is 6.92. The van der Waals surface area contributed by atoms with Crippen LogP contribution < -0.4 is 10.2 Å². The van der Waals surface area contributed by atoms with Gasteiger partial charge in [0.15, 0.2) is 0 Å². The maximum Gasteiger partial charge on any atom is 0.225 e. The molecule has 0 aromatic carbocycles. The molecule has 4 heterocycles. The van der Waals surface area contributed by atoms with Crippen LogP contribution in [0.1, 0.15) is 37.7 Å². The first-order valence-corrected chi connectivity index (χ1v) is 9.91. The second-order valence-corrected chi connectivity index (χ2v) is 8.04. The summed E-state index contributed by atoms with van der Waals surface area (Å²) >= 11 is 0. The van der Waals surface area contributed by atoms with E-state index in [1.165, 1.54) is 18.4 Å². The van der Waals surface area contributed by atoms with E-state index in [2.05, 4.69) is 37.0 Å². The highest BCUT2D eigenvalue weighted by Gasteiger charge is 2.40. The molecule has 1 amide bonds. The van der Waals surface area contributed by atoms with Crippen LogP contribution in [0.3, 0.4) is 0 Å². The molecule has 0 radical (unpaired) electrons. The number of hydrogen-bond acceptors (Lipinski definition) is 6. The SMILES string of the molecule is CN1CCN(Cc2cnc(N3CCCC3)nc2)C[C@@]12CCNC(=O)CC2. The first-order chi connectivity index (χ1) is 12.6. The van der Waals surface area contributed by atoms with Crippen LogP contribution in [-0.4, -0.2) is 77.5 Å². The number of nitrogens with zero attached hydrogens (tertiary/aromatic N) is 5. The van der Waals surface area contributed by atoms with Gasteiger partial charge in [0.25, 0.3) is 0 Å². The second-order valence-electron chi connectivity index (χ2n) is 8.04. The molecule has 4 rings (SSSR count). The average Bonchev–Trinajstić information content (AvgIpc) is 3.12. The molecule has 7 nitrogen and oxygen atoms in total. The van der Waals surface area contributed by atoms with Crippen LogP contribution in [0.4, 0.5) is 5.95 Å². The molecule has 142 valence electrons.